The van der Waals surface area contributed by atoms with Gasteiger partial charge in [0.05, 0.1) is 0 Å². The van der Waals surface area contributed by atoms with Crippen LogP contribution in [0.3, 0.4) is 0 Å². The molecular formula is C13H25N. The highest BCUT2D eigenvalue weighted by Crippen LogP contribution is 2.28. The fourth-order valence-corrected chi connectivity index (χ4v) is 2.35. The van der Waals surface area contributed by atoms with Crippen molar-refractivity contribution in [1.82, 2.24) is 5.32 Å². The minimum absolute atomic E-state index is 0.551. The maximum absolute atomic E-state index is 3.90. The van der Waals surface area contributed by atoms with E-state index in [0.717, 1.165) is 12.5 Å². The Kier molecular flexibility index (Phi) is 5.93. The molecule has 1 N–H and O–H groups in total. The third-order valence-electron chi connectivity index (χ3n) is 3.30. The summed E-state index contributed by atoms with van der Waals surface area (Å²) >= 11 is 0. The second-order valence-corrected chi connectivity index (χ2v) is 4.52. The minimum atomic E-state index is 0.551. The zero-order valence-corrected chi connectivity index (χ0v) is 9.60. The highest BCUT2D eigenvalue weighted by atomic mass is 14.9. The van der Waals surface area contributed by atoms with Crippen LogP contribution in [0.25, 0.3) is 0 Å². The van der Waals surface area contributed by atoms with Crippen LogP contribution < -0.4 is 5.32 Å². The van der Waals surface area contributed by atoms with Gasteiger partial charge in [0.1, 0.15) is 0 Å². The molecular weight excluding hydrogens is 170 g/mol. The van der Waals surface area contributed by atoms with E-state index in [4.69, 9.17) is 0 Å². The van der Waals surface area contributed by atoms with Gasteiger partial charge in [0.15, 0.2) is 0 Å². The van der Waals surface area contributed by atoms with Gasteiger partial charge in [-0.25, -0.2) is 0 Å². The molecule has 1 rings (SSSR count). The standard InChI is InChI=1S/C13H25N/c1-3-11-14-13(4-2)10-9-12-7-5-6-8-12/h4,12-14H,2-3,5-11H2,1H3. The van der Waals surface area contributed by atoms with Gasteiger partial charge >= 0.3 is 0 Å². The van der Waals surface area contributed by atoms with Crippen LogP contribution in [0.4, 0.5) is 0 Å². The maximum atomic E-state index is 3.90. The summed E-state index contributed by atoms with van der Waals surface area (Å²) in [6, 6.07) is 0.551. The van der Waals surface area contributed by atoms with Crippen LogP contribution in [0.2, 0.25) is 0 Å². The first-order valence-corrected chi connectivity index (χ1v) is 6.22. The van der Waals surface area contributed by atoms with E-state index in [9.17, 15) is 0 Å². The topological polar surface area (TPSA) is 12.0 Å². The normalized spacial score (nSPS) is 19.8. The molecule has 0 spiro atoms. The van der Waals surface area contributed by atoms with Crippen LogP contribution in [-0.2, 0) is 0 Å². The molecule has 1 fully saturated rings. The third-order valence-corrected chi connectivity index (χ3v) is 3.30. The van der Waals surface area contributed by atoms with Gasteiger partial charge in [-0.05, 0) is 31.7 Å². The Morgan fingerprint density at radius 2 is 2.14 bits per heavy atom. The van der Waals surface area contributed by atoms with Crippen molar-refractivity contribution in [2.24, 2.45) is 5.92 Å². The molecule has 0 aromatic carbocycles. The van der Waals surface area contributed by atoms with Crippen LogP contribution in [0.15, 0.2) is 12.7 Å². The molecule has 1 unspecified atom stereocenters. The molecule has 1 nitrogen and oxygen atoms in total. The van der Waals surface area contributed by atoms with Gasteiger partial charge in [-0.1, -0.05) is 38.7 Å². The largest absolute Gasteiger partial charge is 0.311 e. The average Bonchev–Trinajstić information content (AvgIpc) is 2.71. The van der Waals surface area contributed by atoms with Crippen molar-refractivity contribution in [3.63, 3.8) is 0 Å². The molecule has 0 heterocycles. The Morgan fingerprint density at radius 1 is 1.43 bits per heavy atom. The van der Waals surface area contributed by atoms with Gasteiger partial charge in [0.25, 0.3) is 0 Å². The monoisotopic (exact) mass is 195 g/mol. The first-order chi connectivity index (χ1) is 6.86. The van der Waals surface area contributed by atoms with Crippen LogP contribution in [-0.4, -0.2) is 12.6 Å². The smallest absolute Gasteiger partial charge is 0.0247 e. The molecule has 1 heteroatoms. The van der Waals surface area contributed by atoms with E-state index in [1.807, 2.05) is 0 Å². The van der Waals surface area contributed by atoms with Crippen molar-refractivity contribution in [3.05, 3.63) is 12.7 Å². The van der Waals surface area contributed by atoms with Gasteiger partial charge in [0.2, 0.25) is 0 Å². The lowest BCUT2D eigenvalue weighted by Gasteiger charge is -2.16. The van der Waals surface area contributed by atoms with Crippen LogP contribution in [0.1, 0.15) is 51.9 Å². The summed E-state index contributed by atoms with van der Waals surface area (Å²) in [4.78, 5) is 0. The lowest BCUT2D eigenvalue weighted by Crippen LogP contribution is -2.28. The lowest BCUT2D eigenvalue weighted by atomic mass is 9.98. The molecule has 1 atom stereocenters. The quantitative estimate of drug-likeness (QED) is 0.613. The van der Waals surface area contributed by atoms with Gasteiger partial charge in [-0.15, -0.1) is 6.58 Å². The number of hydrogen-bond acceptors (Lipinski definition) is 1. The fourth-order valence-electron chi connectivity index (χ4n) is 2.35. The Hall–Kier alpha value is -0.300. The Morgan fingerprint density at radius 3 is 2.71 bits per heavy atom. The molecule has 0 aromatic rings. The molecule has 1 aliphatic rings. The number of rotatable bonds is 7. The summed E-state index contributed by atoms with van der Waals surface area (Å²) in [5.41, 5.74) is 0. The summed E-state index contributed by atoms with van der Waals surface area (Å²) in [6.45, 7) is 7.24. The molecule has 82 valence electrons. The fraction of sp³-hybridized carbons (Fsp3) is 0.846. The van der Waals surface area contributed by atoms with E-state index in [1.165, 1.54) is 44.9 Å². The summed E-state index contributed by atoms with van der Waals surface area (Å²) in [5, 5.41) is 3.52. The highest BCUT2D eigenvalue weighted by molar-refractivity contribution is 4.86. The van der Waals surface area contributed by atoms with Crippen LogP contribution in [0, 0.1) is 5.92 Å². The second-order valence-electron chi connectivity index (χ2n) is 4.52. The molecule has 1 aliphatic carbocycles. The van der Waals surface area contributed by atoms with Crippen molar-refractivity contribution in [2.45, 2.75) is 57.9 Å². The Balaban J connectivity index is 2.09. The Labute approximate surface area is 89.0 Å². The van der Waals surface area contributed by atoms with Crippen molar-refractivity contribution in [2.75, 3.05) is 6.54 Å². The van der Waals surface area contributed by atoms with E-state index in [0.29, 0.717) is 6.04 Å². The molecule has 0 amide bonds. The first kappa shape index (κ1) is 11.8. The highest BCUT2D eigenvalue weighted by Gasteiger charge is 2.15. The molecule has 0 aromatic heterocycles. The van der Waals surface area contributed by atoms with Crippen molar-refractivity contribution >= 4 is 0 Å². The van der Waals surface area contributed by atoms with E-state index in [2.05, 4.69) is 24.9 Å². The summed E-state index contributed by atoms with van der Waals surface area (Å²) in [7, 11) is 0. The second kappa shape index (κ2) is 7.05. The molecule has 14 heavy (non-hydrogen) atoms. The first-order valence-electron chi connectivity index (χ1n) is 6.22. The average molecular weight is 195 g/mol. The number of hydrogen-bond donors (Lipinski definition) is 1. The van der Waals surface area contributed by atoms with E-state index < -0.39 is 0 Å². The molecule has 0 saturated heterocycles. The molecule has 0 radical (unpaired) electrons. The third kappa shape index (κ3) is 4.28. The summed E-state index contributed by atoms with van der Waals surface area (Å²) < 4.78 is 0. The van der Waals surface area contributed by atoms with E-state index in [-0.39, 0.29) is 0 Å². The lowest BCUT2D eigenvalue weighted by molar-refractivity contribution is 0.439. The minimum Gasteiger partial charge on any atom is -0.311 e. The van der Waals surface area contributed by atoms with Crippen LogP contribution in [0.5, 0.6) is 0 Å². The maximum Gasteiger partial charge on any atom is 0.0247 e. The van der Waals surface area contributed by atoms with E-state index in [1.54, 1.807) is 0 Å². The summed E-state index contributed by atoms with van der Waals surface area (Å²) in [6.07, 6.45) is 11.8. The van der Waals surface area contributed by atoms with Gasteiger partial charge in [-0.3, -0.25) is 0 Å². The summed E-state index contributed by atoms with van der Waals surface area (Å²) in [5.74, 6) is 1.01. The zero-order valence-electron chi connectivity index (χ0n) is 9.60. The molecule has 0 bridgehead atoms. The van der Waals surface area contributed by atoms with E-state index >= 15 is 0 Å². The predicted octanol–water partition coefficient (Wildman–Crippen LogP) is 3.51. The Bertz CT molecular complexity index is 147. The van der Waals surface area contributed by atoms with Crippen molar-refractivity contribution in [1.29, 1.82) is 0 Å². The van der Waals surface area contributed by atoms with Gasteiger partial charge in [0, 0.05) is 6.04 Å². The zero-order chi connectivity index (χ0) is 10.2. The molecule has 0 aliphatic heterocycles. The SMILES string of the molecule is C=CC(CCC1CCCC1)NCCC. The predicted molar refractivity (Wildman–Crippen MR) is 63.5 cm³/mol. The molecule has 1 saturated carbocycles. The van der Waals surface area contributed by atoms with Crippen molar-refractivity contribution in [3.8, 4) is 0 Å². The number of nitrogens with one attached hydrogen (secondary N) is 1. The van der Waals surface area contributed by atoms with Gasteiger partial charge in [-0.2, -0.15) is 0 Å². The van der Waals surface area contributed by atoms with Gasteiger partial charge < -0.3 is 5.32 Å². The van der Waals surface area contributed by atoms with Crippen molar-refractivity contribution < 1.29 is 0 Å². The van der Waals surface area contributed by atoms with Crippen LogP contribution >= 0.6 is 0 Å².